The van der Waals surface area contributed by atoms with Crippen LogP contribution in [-0.2, 0) is 0 Å². The van der Waals surface area contributed by atoms with Crippen molar-refractivity contribution in [3.63, 3.8) is 0 Å². The van der Waals surface area contributed by atoms with E-state index in [1.54, 1.807) is 0 Å². The Kier molecular flexibility index (Phi) is 0.906. The average molecular weight is 83.1 g/mol. The maximum atomic E-state index is 4.15. The van der Waals surface area contributed by atoms with E-state index in [4.69, 9.17) is 0 Å². The van der Waals surface area contributed by atoms with Gasteiger partial charge in [0.1, 0.15) is 0 Å². The molecular weight excluding hydrogens is 74.1 g/mol. The zero-order valence-electron chi connectivity index (χ0n) is 4.07. The van der Waals surface area contributed by atoms with Crippen molar-refractivity contribution in [1.82, 2.24) is 0 Å². The lowest BCUT2D eigenvalue weighted by Crippen LogP contribution is -1.66. The molecule has 0 aromatic heterocycles. The second-order valence-corrected chi connectivity index (χ2v) is 1.54. The molecule has 1 fully saturated rings. The summed E-state index contributed by atoms with van der Waals surface area (Å²) in [5.74, 6) is 0. The van der Waals surface area contributed by atoms with Gasteiger partial charge in [-0.05, 0) is 19.8 Å². The van der Waals surface area contributed by atoms with E-state index in [-0.39, 0.29) is 0 Å². The van der Waals surface area contributed by atoms with Crippen molar-refractivity contribution in [3.8, 4) is 0 Å². The van der Waals surface area contributed by atoms with E-state index in [9.17, 15) is 0 Å². The summed E-state index contributed by atoms with van der Waals surface area (Å²) in [5, 5.41) is 0. The fraction of sp³-hybridized carbons (Fsp3) is 0.800. The van der Waals surface area contributed by atoms with Crippen molar-refractivity contribution in [2.45, 2.75) is 19.8 Å². The molecule has 1 aliphatic rings. The number of hydrogen-bond donors (Lipinski definition) is 0. The summed E-state index contributed by atoms with van der Waals surface area (Å²) in [5.41, 5.74) is 1.41. The largest absolute Gasteiger partial charge is 0.294 e. The summed E-state index contributed by atoms with van der Waals surface area (Å²) in [6.07, 6.45) is 2.54. The summed E-state index contributed by atoms with van der Waals surface area (Å²) >= 11 is 0. The fourth-order valence-corrected chi connectivity index (χ4v) is 0.438. The molecule has 0 amide bonds. The maximum absolute atomic E-state index is 4.15. The first-order valence-electron chi connectivity index (χ1n) is 2.45. The lowest BCUT2D eigenvalue weighted by atomic mass is 10.7. The predicted octanol–water partition coefficient (Wildman–Crippen LogP) is 1.24. The van der Waals surface area contributed by atoms with Crippen LogP contribution in [0.1, 0.15) is 19.8 Å². The molecule has 0 aromatic carbocycles. The molecule has 0 aromatic rings. The van der Waals surface area contributed by atoms with Gasteiger partial charge in [0.2, 0.25) is 0 Å². The average Bonchev–Trinajstić information content (AvgIpc) is 2.21. The molecule has 0 bridgehead atoms. The van der Waals surface area contributed by atoms with E-state index in [0.717, 1.165) is 6.54 Å². The molecular formula is C5H9N. The third-order valence-electron chi connectivity index (χ3n) is 0.855. The van der Waals surface area contributed by atoms with Crippen LogP contribution in [0, 0.1) is 0 Å². The molecule has 0 atom stereocenters. The Labute approximate surface area is 38.1 Å². The lowest BCUT2D eigenvalue weighted by molar-refractivity contribution is 1.14. The molecule has 1 nitrogen and oxygen atoms in total. The third-order valence-corrected chi connectivity index (χ3v) is 0.855. The van der Waals surface area contributed by atoms with Crippen LogP contribution in [0.5, 0.6) is 0 Å². The third kappa shape index (κ3) is 0.814. The van der Waals surface area contributed by atoms with Crippen molar-refractivity contribution in [2.75, 3.05) is 6.54 Å². The molecule has 0 saturated heterocycles. The SMILES string of the molecule is CCN=C1CC1. The molecule has 6 heavy (non-hydrogen) atoms. The van der Waals surface area contributed by atoms with E-state index in [1.165, 1.54) is 18.6 Å². The quantitative estimate of drug-likeness (QED) is 0.452. The summed E-state index contributed by atoms with van der Waals surface area (Å²) < 4.78 is 0. The van der Waals surface area contributed by atoms with Crippen LogP contribution in [0.4, 0.5) is 0 Å². The molecule has 1 aliphatic carbocycles. The van der Waals surface area contributed by atoms with Crippen molar-refractivity contribution < 1.29 is 0 Å². The Morgan fingerprint density at radius 2 is 2.33 bits per heavy atom. The van der Waals surface area contributed by atoms with Gasteiger partial charge in [-0.15, -0.1) is 0 Å². The number of nitrogens with zero attached hydrogens (tertiary/aromatic N) is 1. The fourth-order valence-electron chi connectivity index (χ4n) is 0.438. The Hall–Kier alpha value is -0.330. The minimum atomic E-state index is 0.981. The van der Waals surface area contributed by atoms with E-state index < -0.39 is 0 Å². The van der Waals surface area contributed by atoms with Crippen molar-refractivity contribution in [3.05, 3.63) is 0 Å². The first kappa shape index (κ1) is 3.85. The topological polar surface area (TPSA) is 12.4 Å². The van der Waals surface area contributed by atoms with Crippen LogP contribution >= 0.6 is 0 Å². The van der Waals surface area contributed by atoms with Gasteiger partial charge in [-0.25, -0.2) is 0 Å². The van der Waals surface area contributed by atoms with Crippen LogP contribution in [0.3, 0.4) is 0 Å². The monoisotopic (exact) mass is 83.1 g/mol. The molecule has 0 radical (unpaired) electrons. The zero-order valence-corrected chi connectivity index (χ0v) is 4.07. The van der Waals surface area contributed by atoms with Crippen molar-refractivity contribution >= 4 is 5.71 Å². The summed E-state index contributed by atoms with van der Waals surface area (Å²) in [6, 6.07) is 0. The first-order valence-corrected chi connectivity index (χ1v) is 2.45. The number of aliphatic imine (C=N–C) groups is 1. The second-order valence-electron chi connectivity index (χ2n) is 1.54. The van der Waals surface area contributed by atoms with Gasteiger partial charge < -0.3 is 0 Å². The van der Waals surface area contributed by atoms with Crippen molar-refractivity contribution in [1.29, 1.82) is 0 Å². The Morgan fingerprint density at radius 1 is 1.67 bits per heavy atom. The Bertz CT molecular complexity index is 68.0. The van der Waals surface area contributed by atoms with Gasteiger partial charge in [-0.1, -0.05) is 0 Å². The highest BCUT2D eigenvalue weighted by Crippen LogP contribution is 2.12. The van der Waals surface area contributed by atoms with E-state index in [0.29, 0.717) is 0 Å². The van der Waals surface area contributed by atoms with Crippen LogP contribution in [0.25, 0.3) is 0 Å². The molecule has 1 rings (SSSR count). The summed E-state index contributed by atoms with van der Waals surface area (Å²) in [6.45, 7) is 3.06. The van der Waals surface area contributed by atoms with Gasteiger partial charge in [-0.2, -0.15) is 0 Å². The molecule has 0 aliphatic heterocycles. The van der Waals surface area contributed by atoms with Crippen LogP contribution in [0.2, 0.25) is 0 Å². The van der Waals surface area contributed by atoms with Gasteiger partial charge in [0.05, 0.1) is 0 Å². The smallest absolute Gasteiger partial charge is 0.0360 e. The van der Waals surface area contributed by atoms with Gasteiger partial charge in [0.15, 0.2) is 0 Å². The number of hydrogen-bond acceptors (Lipinski definition) is 1. The molecule has 0 heterocycles. The zero-order chi connectivity index (χ0) is 4.41. The summed E-state index contributed by atoms with van der Waals surface area (Å²) in [7, 11) is 0. The second kappa shape index (κ2) is 1.41. The van der Waals surface area contributed by atoms with E-state index in [1.807, 2.05) is 0 Å². The molecule has 0 unspecified atom stereocenters. The highest BCUT2D eigenvalue weighted by molar-refractivity contribution is 5.97. The summed E-state index contributed by atoms with van der Waals surface area (Å²) in [4.78, 5) is 4.15. The highest BCUT2D eigenvalue weighted by atomic mass is 14.7. The highest BCUT2D eigenvalue weighted by Gasteiger charge is 2.10. The van der Waals surface area contributed by atoms with Crippen LogP contribution in [-0.4, -0.2) is 12.3 Å². The minimum absolute atomic E-state index is 0.981. The van der Waals surface area contributed by atoms with Gasteiger partial charge in [-0.3, -0.25) is 4.99 Å². The van der Waals surface area contributed by atoms with E-state index in [2.05, 4.69) is 11.9 Å². The molecule has 1 heteroatoms. The first-order chi connectivity index (χ1) is 2.93. The Balaban J connectivity index is 2.24. The normalized spacial score (nSPS) is 17.8. The van der Waals surface area contributed by atoms with E-state index >= 15 is 0 Å². The standard InChI is InChI=1S/C5H9N/c1-2-6-5-3-4-5/h2-4H2,1H3. The van der Waals surface area contributed by atoms with Crippen molar-refractivity contribution in [2.24, 2.45) is 4.99 Å². The number of rotatable bonds is 1. The molecule has 0 N–H and O–H groups in total. The molecule has 1 saturated carbocycles. The van der Waals surface area contributed by atoms with Crippen LogP contribution < -0.4 is 0 Å². The lowest BCUT2D eigenvalue weighted by Gasteiger charge is -1.70. The van der Waals surface area contributed by atoms with Crippen LogP contribution in [0.15, 0.2) is 4.99 Å². The van der Waals surface area contributed by atoms with Gasteiger partial charge in [0.25, 0.3) is 0 Å². The predicted molar refractivity (Wildman–Crippen MR) is 27.2 cm³/mol. The Morgan fingerprint density at radius 3 is 2.50 bits per heavy atom. The minimum Gasteiger partial charge on any atom is -0.294 e. The molecule has 34 valence electrons. The van der Waals surface area contributed by atoms with Gasteiger partial charge in [0, 0.05) is 12.3 Å². The van der Waals surface area contributed by atoms with Gasteiger partial charge >= 0.3 is 0 Å². The maximum Gasteiger partial charge on any atom is 0.0360 e. The molecule has 0 spiro atoms.